The molecule has 0 saturated carbocycles. The fraction of sp³-hybridized carbons (Fsp3) is 0.167. The third-order valence-electron chi connectivity index (χ3n) is 3.70. The van der Waals surface area contributed by atoms with Crippen LogP contribution >= 0.6 is 11.3 Å². The molecule has 0 aliphatic heterocycles. The summed E-state index contributed by atoms with van der Waals surface area (Å²) in [7, 11) is -3.72. The molecule has 0 amide bonds. The van der Waals surface area contributed by atoms with Gasteiger partial charge in [0, 0.05) is 11.9 Å². The molecule has 0 atom stereocenters. The Kier molecular flexibility index (Phi) is 4.69. The molecule has 0 spiro atoms. The summed E-state index contributed by atoms with van der Waals surface area (Å²) in [6.07, 6.45) is 0. The van der Waals surface area contributed by atoms with Crippen molar-refractivity contribution in [3.8, 4) is 11.3 Å². The normalized spacial score (nSPS) is 12.5. The minimum absolute atomic E-state index is 0.213. The van der Waals surface area contributed by atoms with Crippen molar-refractivity contribution in [2.45, 2.75) is 25.3 Å². The highest BCUT2D eigenvalue weighted by atomic mass is 32.2. The molecule has 124 valence electrons. The van der Waals surface area contributed by atoms with E-state index in [4.69, 9.17) is 0 Å². The van der Waals surface area contributed by atoms with Crippen molar-refractivity contribution < 1.29 is 8.42 Å². The lowest BCUT2D eigenvalue weighted by Crippen LogP contribution is -2.17. The molecule has 6 heteroatoms. The minimum Gasteiger partial charge on any atom is -0.316 e. The van der Waals surface area contributed by atoms with Crippen LogP contribution < -0.4 is 4.80 Å². The monoisotopic (exact) mass is 358 g/mol. The van der Waals surface area contributed by atoms with Crippen molar-refractivity contribution in [1.82, 2.24) is 4.57 Å². The zero-order valence-corrected chi connectivity index (χ0v) is 15.1. The molecule has 3 rings (SSSR count). The van der Waals surface area contributed by atoms with Gasteiger partial charge in [-0.05, 0) is 31.5 Å². The largest absolute Gasteiger partial charge is 0.316 e. The number of hydrogen-bond acceptors (Lipinski definition) is 3. The van der Waals surface area contributed by atoms with Crippen LogP contribution in [0.1, 0.15) is 12.5 Å². The second kappa shape index (κ2) is 6.75. The second-order valence-electron chi connectivity index (χ2n) is 5.39. The average molecular weight is 358 g/mol. The molecule has 24 heavy (non-hydrogen) atoms. The first-order valence-corrected chi connectivity index (χ1v) is 9.94. The second-order valence-corrected chi connectivity index (χ2v) is 7.83. The topological polar surface area (TPSA) is 51.4 Å². The van der Waals surface area contributed by atoms with E-state index in [1.165, 1.54) is 11.3 Å². The molecular formula is C18H18N2O2S2. The number of thiazole rings is 1. The van der Waals surface area contributed by atoms with E-state index in [-0.39, 0.29) is 4.90 Å². The van der Waals surface area contributed by atoms with Gasteiger partial charge in [-0.2, -0.15) is 8.42 Å². The van der Waals surface area contributed by atoms with Gasteiger partial charge in [0.15, 0.2) is 0 Å². The van der Waals surface area contributed by atoms with Crippen molar-refractivity contribution in [2.24, 2.45) is 4.40 Å². The standard InChI is InChI=1S/C18H18N2O2S2/c1-3-20-17(15-7-5-4-6-8-15)13-23-18(20)19-24(21,22)16-11-9-14(2)10-12-16/h4-13H,3H2,1-2H3. The summed E-state index contributed by atoms with van der Waals surface area (Å²) in [4.78, 5) is 0.697. The van der Waals surface area contributed by atoms with Crippen molar-refractivity contribution in [1.29, 1.82) is 0 Å². The van der Waals surface area contributed by atoms with Crippen LogP contribution in [-0.2, 0) is 16.6 Å². The maximum Gasteiger partial charge on any atom is 0.285 e. The van der Waals surface area contributed by atoms with Crippen LogP contribution in [0, 0.1) is 6.92 Å². The number of aromatic nitrogens is 1. The summed E-state index contributed by atoms with van der Waals surface area (Å²) in [5.74, 6) is 0. The number of hydrogen-bond donors (Lipinski definition) is 0. The maximum atomic E-state index is 12.6. The Balaban J connectivity index is 2.11. The van der Waals surface area contributed by atoms with Gasteiger partial charge in [-0.1, -0.05) is 48.0 Å². The zero-order valence-electron chi connectivity index (χ0n) is 13.5. The van der Waals surface area contributed by atoms with E-state index in [1.54, 1.807) is 24.3 Å². The highest BCUT2D eigenvalue weighted by Gasteiger charge is 2.14. The van der Waals surface area contributed by atoms with Crippen LogP contribution in [0.4, 0.5) is 0 Å². The van der Waals surface area contributed by atoms with E-state index in [1.807, 2.05) is 54.1 Å². The first-order valence-electron chi connectivity index (χ1n) is 7.62. The summed E-state index contributed by atoms with van der Waals surface area (Å²) in [5.41, 5.74) is 3.03. The highest BCUT2D eigenvalue weighted by Crippen LogP contribution is 2.20. The number of nitrogens with zero attached hydrogens (tertiary/aromatic N) is 2. The summed E-state index contributed by atoms with van der Waals surface area (Å²) in [5, 5.41) is 1.95. The van der Waals surface area contributed by atoms with E-state index >= 15 is 0 Å². The number of rotatable bonds is 4. The molecule has 1 aromatic heterocycles. The SMILES string of the molecule is CCn1c(-c2ccccc2)csc1=NS(=O)(=O)c1ccc(C)cc1. The number of sulfonamides is 1. The number of benzene rings is 2. The lowest BCUT2D eigenvalue weighted by molar-refractivity contribution is 0.595. The van der Waals surface area contributed by atoms with E-state index in [0.29, 0.717) is 11.3 Å². The first kappa shape index (κ1) is 16.7. The van der Waals surface area contributed by atoms with E-state index < -0.39 is 10.0 Å². The Labute approximate surface area is 145 Å². The van der Waals surface area contributed by atoms with Crippen LogP contribution in [0.2, 0.25) is 0 Å². The van der Waals surface area contributed by atoms with Gasteiger partial charge in [0.2, 0.25) is 4.80 Å². The Morgan fingerprint density at radius 2 is 1.71 bits per heavy atom. The van der Waals surface area contributed by atoms with Gasteiger partial charge in [-0.15, -0.1) is 15.7 Å². The smallest absolute Gasteiger partial charge is 0.285 e. The molecule has 0 aliphatic carbocycles. The summed E-state index contributed by atoms with van der Waals surface area (Å²) < 4.78 is 31.1. The summed E-state index contributed by atoms with van der Waals surface area (Å²) in [6.45, 7) is 4.55. The minimum atomic E-state index is -3.72. The van der Waals surface area contributed by atoms with Crippen molar-refractivity contribution in [3.63, 3.8) is 0 Å². The van der Waals surface area contributed by atoms with Crippen LogP contribution in [0.5, 0.6) is 0 Å². The lowest BCUT2D eigenvalue weighted by Gasteiger charge is -2.06. The van der Waals surface area contributed by atoms with Crippen LogP contribution in [-0.4, -0.2) is 13.0 Å². The summed E-state index contributed by atoms with van der Waals surface area (Å²) >= 11 is 1.34. The predicted molar refractivity (Wildman–Crippen MR) is 97.3 cm³/mol. The molecule has 1 heterocycles. The van der Waals surface area contributed by atoms with Crippen molar-refractivity contribution in [2.75, 3.05) is 0 Å². The fourth-order valence-corrected chi connectivity index (χ4v) is 4.60. The van der Waals surface area contributed by atoms with E-state index in [9.17, 15) is 8.42 Å². The fourth-order valence-electron chi connectivity index (χ4n) is 2.41. The van der Waals surface area contributed by atoms with Gasteiger partial charge >= 0.3 is 0 Å². The van der Waals surface area contributed by atoms with Gasteiger partial charge < -0.3 is 4.57 Å². The molecule has 2 aromatic carbocycles. The van der Waals surface area contributed by atoms with Crippen LogP contribution in [0.3, 0.4) is 0 Å². The molecule has 0 unspecified atom stereocenters. The Morgan fingerprint density at radius 3 is 2.33 bits per heavy atom. The molecule has 0 aliphatic rings. The predicted octanol–water partition coefficient (Wildman–Crippen LogP) is 3.83. The Hall–Kier alpha value is -2.18. The molecule has 0 bridgehead atoms. The highest BCUT2D eigenvalue weighted by molar-refractivity contribution is 7.90. The van der Waals surface area contributed by atoms with Gasteiger partial charge in [-0.3, -0.25) is 0 Å². The Morgan fingerprint density at radius 1 is 1.04 bits per heavy atom. The lowest BCUT2D eigenvalue weighted by atomic mass is 10.2. The zero-order chi connectivity index (χ0) is 17.2. The van der Waals surface area contributed by atoms with Gasteiger partial charge in [-0.25, -0.2) is 0 Å². The van der Waals surface area contributed by atoms with E-state index in [0.717, 1.165) is 16.8 Å². The first-order chi connectivity index (χ1) is 11.5. The Bertz CT molecular complexity index is 999. The van der Waals surface area contributed by atoms with Gasteiger partial charge in [0.05, 0.1) is 10.6 Å². The molecule has 0 fully saturated rings. The summed E-state index contributed by atoms with van der Waals surface area (Å²) in [6, 6.07) is 16.6. The third-order valence-corrected chi connectivity index (χ3v) is 5.96. The quantitative estimate of drug-likeness (QED) is 0.712. The van der Waals surface area contributed by atoms with Crippen LogP contribution in [0.25, 0.3) is 11.3 Å². The van der Waals surface area contributed by atoms with Crippen LogP contribution in [0.15, 0.2) is 69.3 Å². The maximum absolute atomic E-state index is 12.6. The molecule has 4 nitrogen and oxygen atoms in total. The molecular weight excluding hydrogens is 340 g/mol. The van der Waals surface area contributed by atoms with Crippen molar-refractivity contribution >= 4 is 21.4 Å². The molecule has 0 radical (unpaired) electrons. The molecule has 3 aromatic rings. The van der Waals surface area contributed by atoms with Gasteiger partial charge in [0.25, 0.3) is 10.0 Å². The molecule has 0 saturated heterocycles. The van der Waals surface area contributed by atoms with E-state index in [2.05, 4.69) is 4.40 Å². The van der Waals surface area contributed by atoms with Crippen molar-refractivity contribution in [3.05, 3.63) is 70.3 Å². The third kappa shape index (κ3) is 3.34. The average Bonchev–Trinajstić information content (AvgIpc) is 2.98. The van der Waals surface area contributed by atoms with Gasteiger partial charge in [0.1, 0.15) is 0 Å². The molecule has 0 N–H and O–H groups in total. The number of aryl methyl sites for hydroxylation is 1.